The Morgan fingerprint density at radius 1 is 0.409 bits per heavy atom. The van der Waals surface area contributed by atoms with Gasteiger partial charge < -0.3 is 0 Å². The molecule has 0 aliphatic rings. The monoisotopic (exact) mass is 560 g/mol. The van der Waals surface area contributed by atoms with E-state index in [2.05, 4.69) is 84.9 Å². The van der Waals surface area contributed by atoms with Gasteiger partial charge in [0, 0.05) is 16.7 Å². The minimum atomic E-state index is 0.593. The summed E-state index contributed by atoms with van der Waals surface area (Å²) in [5.74, 6) is 1.83. The molecule has 0 aliphatic carbocycles. The van der Waals surface area contributed by atoms with Crippen LogP contribution in [0.15, 0.2) is 146 Å². The fourth-order valence-electron chi connectivity index (χ4n) is 6.04. The van der Waals surface area contributed by atoms with E-state index in [4.69, 9.17) is 15.0 Å². The average molecular weight is 561 g/mol. The highest BCUT2D eigenvalue weighted by Gasteiger charge is 2.19. The molecule has 44 heavy (non-hydrogen) atoms. The van der Waals surface area contributed by atoms with Crippen LogP contribution in [0.2, 0.25) is 0 Å². The Balaban J connectivity index is 1.45. The maximum absolute atomic E-state index is 9.34. The number of hydrogen-bond acceptors (Lipinski definition) is 4. The first kappa shape index (κ1) is 25.5. The van der Waals surface area contributed by atoms with Crippen LogP contribution < -0.4 is 0 Å². The Kier molecular flexibility index (Phi) is 6.14. The third kappa shape index (κ3) is 4.36. The van der Waals surface area contributed by atoms with Crippen LogP contribution in [0.4, 0.5) is 0 Å². The molecular weight excluding hydrogens is 536 g/mol. The number of nitriles is 1. The Bertz CT molecular complexity index is 2390. The molecule has 0 saturated carbocycles. The zero-order valence-electron chi connectivity index (χ0n) is 23.6. The molecule has 0 amide bonds. The lowest BCUT2D eigenvalue weighted by Crippen LogP contribution is -2.02. The predicted octanol–water partition coefficient (Wildman–Crippen LogP) is 9.87. The molecule has 0 saturated heterocycles. The van der Waals surface area contributed by atoms with Gasteiger partial charge in [-0.2, -0.15) is 5.26 Å². The summed E-state index contributed by atoms with van der Waals surface area (Å²) in [5, 5.41) is 16.2. The van der Waals surface area contributed by atoms with Crippen LogP contribution in [-0.2, 0) is 0 Å². The van der Waals surface area contributed by atoms with Crippen molar-refractivity contribution in [3.05, 3.63) is 151 Å². The quantitative estimate of drug-likeness (QED) is 0.159. The largest absolute Gasteiger partial charge is 0.208 e. The van der Waals surface area contributed by atoms with E-state index in [-0.39, 0.29) is 0 Å². The summed E-state index contributed by atoms with van der Waals surface area (Å²) in [6, 6.07) is 51.6. The Hall–Kier alpha value is -6.18. The van der Waals surface area contributed by atoms with Gasteiger partial charge in [-0.1, -0.05) is 127 Å². The first-order valence-electron chi connectivity index (χ1n) is 14.5. The summed E-state index contributed by atoms with van der Waals surface area (Å²) in [6.45, 7) is 0. The molecule has 0 N–H and O–H groups in total. The molecule has 8 aromatic rings. The highest BCUT2D eigenvalue weighted by molar-refractivity contribution is 6.19. The van der Waals surface area contributed by atoms with Crippen LogP contribution in [0.25, 0.3) is 77.6 Å². The maximum atomic E-state index is 9.34. The van der Waals surface area contributed by atoms with Gasteiger partial charge in [0.25, 0.3) is 0 Å². The van der Waals surface area contributed by atoms with Crippen molar-refractivity contribution < 1.29 is 0 Å². The van der Waals surface area contributed by atoms with Gasteiger partial charge in [-0.05, 0) is 61.6 Å². The standard InChI is InChI=1S/C40H24N4/c41-25-26-18-20-28(21-19-26)31-14-8-9-17-35(31)39-42-38(29-11-2-1-3-12-29)43-40(44-39)37-33-16-7-5-13-30(33)24-36-32-15-6-4-10-27(32)22-23-34(36)37/h1-24H. The van der Waals surface area contributed by atoms with Crippen LogP contribution in [0.1, 0.15) is 5.56 Å². The zero-order valence-corrected chi connectivity index (χ0v) is 23.6. The second-order valence-corrected chi connectivity index (χ2v) is 10.8. The van der Waals surface area contributed by atoms with E-state index in [1.807, 2.05) is 66.7 Å². The number of benzene rings is 7. The molecule has 4 nitrogen and oxygen atoms in total. The van der Waals surface area contributed by atoms with Gasteiger partial charge in [0.2, 0.25) is 0 Å². The lowest BCUT2D eigenvalue weighted by atomic mass is 9.93. The molecule has 8 rings (SSSR count). The van der Waals surface area contributed by atoms with Gasteiger partial charge in [0.1, 0.15) is 0 Å². The number of fused-ring (bicyclic) bond motifs is 4. The molecule has 0 atom stereocenters. The minimum Gasteiger partial charge on any atom is -0.208 e. The lowest BCUT2D eigenvalue weighted by molar-refractivity contribution is 1.08. The summed E-state index contributed by atoms with van der Waals surface area (Å²) < 4.78 is 0. The minimum absolute atomic E-state index is 0.593. The molecule has 0 spiro atoms. The third-order valence-corrected chi connectivity index (χ3v) is 8.15. The summed E-state index contributed by atoms with van der Waals surface area (Å²) in [6.07, 6.45) is 0. The number of aromatic nitrogens is 3. The second kappa shape index (κ2) is 10.6. The van der Waals surface area contributed by atoms with Crippen molar-refractivity contribution in [2.75, 3.05) is 0 Å². The van der Waals surface area contributed by atoms with E-state index in [0.29, 0.717) is 23.0 Å². The second-order valence-electron chi connectivity index (χ2n) is 10.8. The summed E-state index contributed by atoms with van der Waals surface area (Å²) >= 11 is 0. The van der Waals surface area contributed by atoms with Crippen LogP contribution in [0.3, 0.4) is 0 Å². The van der Waals surface area contributed by atoms with E-state index in [1.54, 1.807) is 0 Å². The lowest BCUT2D eigenvalue weighted by Gasteiger charge is -2.15. The van der Waals surface area contributed by atoms with Crippen molar-refractivity contribution in [1.82, 2.24) is 15.0 Å². The van der Waals surface area contributed by atoms with E-state index < -0.39 is 0 Å². The fraction of sp³-hybridized carbons (Fsp3) is 0. The molecule has 0 bridgehead atoms. The van der Waals surface area contributed by atoms with E-state index in [0.717, 1.165) is 49.4 Å². The average Bonchev–Trinajstić information content (AvgIpc) is 3.11. The van der Waals surface area contributed by atoms with Gasteiger partial charge in [-0.25, -0.2) is 15.0 Å². The molecule has 0 unspecified atom stereocenters. The Morgan fingerprint density at radius 3 is 1.84 bits per heavy atom. The van der Waals surface area contributed by atoms with Crippen LogP contribution >= 0.6 is 0 Å². The first-order chi connectivity index (χ1) is 21.8. The van der Waals surface area contributed by atoms with Crippen molar-refractivity contribution in [2.24, 2.45) is 0 Å². The molecular formula is C40H24N4. The molecule has 0 aliphatic heterocycles. The Labute approximate surface area is 254 Å². The predicted molar refractivity (Wildman–Crippen MR) is 179 cm³/mol. The van der Waals surface area contributed by atoms with Crippen LogP contribution in [0, 0.1) is 11.3 Å². The molecule has 1 heterocycles. The van der Waals surface area contributed by atoms with Crippen LogP contribution in [-0.4, -0.2) is 15.0 Å². The van der Waals surface area contributed by atoms with Crippen molar-refractivity contribution in [3.63, 3.8) is 0 Å². The van der Waals surface area contributed by atoms with E-state index in [9.17, 15) is 5.26 Å². The van der Waals surface area contributed by atoms with Crippen molar-refractivity contribution in [2.45, 2.75) is 0 Å². The smallest absolute Gasteiger partial charge is 0.165 e. The normalized spacial score (nSPS) is 11.2. The molecule has 4 heteroatoms. The fourth-order valence-corrected chi connectivity index (χ4v) is 6.04. The first-order valence-corrected chi connectivity index (χ1v) is 14.5. The molecule has 0 radical (unpaired) electrons. The van der Waals surface area contributed by atoms with E-state index in [1.165, 1.54) is 10.8 Å². The van der Waals surface area contributed by atoms with Gasteiger partial charge in [-0.3, -0.25) is 0 Å². The Morgan fingerprint density at radius 2 is 1.05 bits per heavy atom. The van der Waals surface area contributed by atoms with Gasteiger partial charge in [0.05, 0.1) is 11.6 Å². The van der Waals surface area contributed by atoms with Crippen molar-refractivity contribution >= 4 is 32.3 Å². The molecule has 7 aromatic carbocycles. The molecule has 0 fully saturated rings. The topological polar surface area (TPSA) is 62.5 Å². The van der Waals surface area contributed by atoms with E-state index >= 15 is 0 Å². The number of rotatable bonds is 4. The molecule has 204 valence electrons. The third-order valence-electron chi connectivity index (χ3n) is 8.15. The highest BCUT2D eigenvalue weighted by atomic mass is 15.0. The van der Waals surface area contributed by atoms with Gasteiger partial charge in [-0.15, -0.1) is 0 Å². The zero-order chi connectivity index (χ0) is 29.5. The van der Waals surface area contributed by atoms with Crippen LogP contribution in [0.5, 0.6) is 0 Å². The van der Waals surface area contributed by atoms with Gasteiger partial charge >= 0.3 is 0 Å². The highest BCUT2D eigenvalue weighted by Crippen LogP contribution is 2.39. The van der Waals surface area contributed by atoms with Crippen molar-refractivity contribution in [3.8, 4) is 51.4 Å². The summed E-state index contributed by atoms with van der Waals surface area (Å²) in [4.78, 5) is 15.4. The molecule has 1 aromatic heterocycles. The van der Waals surface area contributed by atoms with Crippen molar-refractivity contribution in [1.29, 1.82) is 5.26 Å². The maximum Gasteiger partial charge on any atom is 0.165 e. The van der Waals surface area contributed by atoms with Gasteiger partial charge in [0.15, 0.2) is 17.5 Å². The number of nitrogens with zero attached hydrogens (tertiary/aromatic N) is 4. The summed E-state index contributed by atoms with van der Waals surface area (Å²) in [5.41, 5.74) is 5.40. The summed E-state index contributed by atoms with van der Waals surface area (Å²) in [7, 11) is 0. The number of hydrogen-bond donors (Lipinski definition) is 0. The SMILES string of the molecule is N#Cc1ccc(-c2ccccc2-c2nc(-c3ccccc3)nc(-c3c4ccccc4cc4c3ccc3ccccc34)n2)cc1.